The zero-order valence-electron chi connectivity index (χ0n) is 16.3. The second-order valence-corrected chi connectivity index (χ2v) is 7.22. The molecule has 0 spiro atoms. The second kappa shape index (κ2) is 7.33. The van der Waals surface area contributed by atoms with Crippen LogP contribution in [0.4, 0.5) is 17.1 Å². The molecule has 0 saturated carbocycles. The lowest BCUT2D eigenvalue weighted by atomic mass is 9.80. The van der Waals surface area contributed by atoms with Crippen molar-refractivity contribution in [3.63, 3.8) is 0 Å². The van der Waals surface area contributed by atoms with Crippen LogP contribution in [-0.2, 0) is 5.60 Å². The molecule has 0 aliphatic heterocycles. The van der Waals surface area contributed by atoms with Crippen LogP contribution in [0.15, 0.2) is 72.8 Å². The fraction of sp³-hybridized carbons (Fsp3) is 0.217. The number of hydrogen-bond acceptors (Lipinski definition) is 4. The van der Waals surface area contributed by atoms with Gasteiger partial charge in [0.1, 0.15) is 5.60 Å². The Kier molecular flexibility index (Phi) is 5.10. The zero-order valence-corrected chi connectivity index (χ0v) is 16.3. The number of nitrogen functional groups attached to an aromatic ring is 1. The minimum absolute atomic E-state index is 0.673. The third kappa shape index (κ3) is 3.62. The molecule has 0 aliphatic rings. The predicted octanol–water partition coefficient (Wildman–Crippen LogP) is 3.69. The molecule has 0 bridgehead atoms. The Bertz CT molecular complexity index is 831. The van der Waals surface area contributed by atoms with Crippen LogP contribution in [0.2, 0.25) is 0 Å². The van der Waals surface area contributed by atoms with Crippen molar-refractivity contribution in [2.24, 2.45) is 0 Å². The van der Waals surface area contributed by atoms with Crippen LogP contribution < -0.4 is 15.5 Å². The fourth-order valence-electron chi connectivity index (χ4n) is 3.23. The molecule has 3 rings (SSSR count). The quantitative estimate of drug-likeness (QED) is 0.538. The number of nitrogens with two attached hydrogens (primary N) is 1. The lowest BCUT2D eigenvalue weighted by Crippen LogP contribution is -2.29. The third-order valence-electron chi connectivity index (χ3n) is 4.93. The van der Waals surface area contributed by atoms with Gasteiger partial charge in [-0.25, -0.2) is 0 Å². The highest BCUT2D eigenvalue weighted by atomic mass is 16.3. The van der Waals surface area contributed by atoms with E-state index in [-0.39, 0.29) is 0 Å². The van der Waals surface area contributed by atoms with E-state index in [1.807, 2.05) is 111 Å². The molecule has 4 nitrogen and oxygen atoms in total. The van der Waals surface area contributed by atoms with Gasteiger partial charge in [0.2, 0.25) is 0 Å². The van der Waals surface area contributed by atoms with E-state index < -0.39 is 5.60 Å². The van der Waals surface area contributed by atoms with Crippen LogP contribution in [0.3, 0.4) is 0 Å². The van der Waals surface area contributed by atoms with Crippen molar-refractivity contribution in [2.75, 3.05) is 43.7 Å². The molecule has 0 heterocycles. The first kappa shape index (κ1) is 18.8. The van der Waals surface area contributed by atoms with E-state index in [1.165, 1.54) is 0 Å². The molecular formula is C23H27N3O. The van der Waals surface area contributed by atoms with E-state index in [9.17, 15) is 5.11 Å². The summed E-state index contributed by atoms with van der Waals surface area (Å²) in [4.78, 5) is 4.08. The Morgan fingerprint density at radius 3 is 1.19 bits per heavy atom. The molecule has 3 N–H and O–H groups in total. The Morgan fingerprint density at radius 2 is 0.889 bits per heavy atom. The normalized spacial score (nSPS) is 11.3. The van der Waals surface area contributed by atoms with Gasteiger partial charge in [-0.3, -0.25) is 0 Å². The summed E-state index contributed by atoms with van der Waals surface area (Å²) in [6.45, 7) is 0. The van der Waals surface area contributed by atoms with Crippen LogP contribution in [0.1, 0.15) is 16.7 Å². The Balaban J connectivity index is 2.15. The highest BCUT2D eigenvalue weighted by Crippen LogP contribution is 2.38. The van der Waals surface area contributed by atoms with Crippen molar-refractivity contribution in [3.8, 4) is 0 Å². The highest BCUT2D eigenvalue weighted by Gasteiger charge is 2.33. The minimum Gasteiger partial charge on any atom is -0.399 e. The van der Waals surface area contributed by atoms with E-state index >= 15 is 0 Å². The summed E-state index contributed by atoms with van der Waals surface area (Å²) in [5.41, 5.74) is 9.86. The van der Waals surface area contributed by atoms with Crippen LogP contribution in [0.25, 0.3) is 0 Å². The monoisotopic (exact) mass is 361 g/mol. The van der Waals surface area contributed by atoms with Crippen molar-refractivity contribution in [1.82, 2.24) is 0 Å². The summed E-state index contributed by atoms with van der Waals surface area (Å²) >= 11 is 0. The maximum atomic E-state index is 11.9. The molecule has 3 aromatic rings. The number of nitrogens with zero attached hydrogens (tertiary/aromatic N) is 2. The summed E-state index contributed by atoms with van der Waals surface area (Å²) in [6, 6.07) is 23.4. The number of rotatable bonds is 5. The lowest BCUT2D eigenvalue weighted by Gasteiger charge is -2.31. The van der Waals surface area contributed by atoms with Gasteiger partial charge in [-0.1, -0.05) is 36.4 Å². The average Bonchev–Trinajstić information content (AvgIpc) is 2.68. The standard InChI is InChI=1S/C23H27N3O/c1-25(2)21-13-7-18(8-14-21)23(27,17-5-11-20(24)12-6-17)19-9-15-22(16-10-19)26(3)4/h5-16,27H,24H2,1-4H3. The Morgan fingerprint density at radius 1 is 0.593 bits per heavy atom. The maximum absolute atomic E-state index is 11.9. The molecule has 27 heavy (non-hydrogen) atoms. The molecule has 140 valence electrons. The van der Waals surface area contributed by atoms with Crippen molar-refractivity contribution in [3.05, 3.63) is 89.5 Å². The van der Waals surface area contributed by atoms with Crippen molar-refractivity contribution in [2.45, 2.75) is 5.60 Å². The number of anilines is 3. The largest absolute Gasteiger partial charge is 0.399 e. The van der Waals surface area contributed by atoms with Gasteiger partial charge in [0.25, 0.3) is 0 Å². The molecular weight excluding hydrogens is 334 g/mol. The molecule has 0 aliphatic carbocycles. The highest BCUT2D eigenvalue weighted by molar-refractivity contribution is 5.56. The summed E-state index contributed by atoms with van der Waals surface area (Å²) in [7, 11) is 8.00. The van der Waals surface area contributed by atoms with E-state index in [0.29, 0.717) is 5.69 Å². The number of aliphatic hydroxyl groups is 1. The molecule has 0 fully saturated rings. The van der Waals surface area contributed by atoms with E-state index in [1.54, 1.807) is 0 Å². The van der Waals surface area contributed by atoms with E-state index in [4.69, 9.17) is 5.73 Å². The molecule has 0 amide bonds. The van der Waals surface area contributed by atoms with Gasteiger partial charge in [0.15, 0.2) is 0 Å². The SMILES string of the molecule is CN(C)c1ccc(C(O)(c2ccc(N)cc2)c2ccc(N(C)C)cc2)cc1. The summed E-state index contributed by atoms with van der Waals surface area (Å²) in [5, 5.41) is 11.9. The average molecular weight is 361 g/mol. The van der Waals surface area contributed by atoms with Gasteiger partial charge in [-0.15, -0.1) is 0 Å². The predicted molar refractivity (Wildman–Crippen MR) is 114 cm³/mol. The van der Waals surface area contributed by atoms with E-state index in [2.05, 4.69) is 0 Å². The van der Waals surface area contributed by atoms with Gasteiger partial charge in [-0.05, 0) is 53.1 Å². The van der Waals surface area contributed by atoms with Crippen LogP contribution in [0, 0.1) is 0 Å². The summed E-state index contributed by atoms with van der Waals surface area (Å²) < 4.78 is 0. The second-order valence-electron chi connectivity index (χ2n) is 7.22. The molecule has 0 aromatic heterocycles. The molecule has 3 aromatic carbocycles. The van der Waals surface area contributed by atoms with Crippen LogP contribution in [-0.4, -0.2) is 33.3 Å². The lowest BCUT2D eigenvalue weighted by molar-refractivity contribution is 0.126. The van der Waals surface area contributed by atoms with Gasteiger partial charge in [-0.2, -0.15) is 0 Å². The zero-order chi connectivity index (χ0) is 19.6. The molecule has 0 unspecified atom stereocenters. The van der Waals surface area contributed by atoms with Crippen LogP contribution >= 0.6 is 0 Å². The first-order valence-electron chi connectivity index (χ1n) is 8.96. The minimum atomic E-state index is -1.26. The van der Waals surface area contributed by atoms with E-state index in [0.717, 1.165) is 28.1 Å². The van der Waals surface area contributed by atoms with Gasteiger partial charge >= 0.3 is 0 Å². The number of hydrogen-bond donors (Lipinski definition) is 2. The first-order valence-corrected chi connectivity index (χ1v) is 8.96. The first-order chi connectivity index (χ1) is 12.8. The molecule has 0 radical (unpaired) electrons. The molecule has 4 heteroatoms. The smallest absolute Gasteiger partial charge is 0.140 e. The van der Waals surface area contributed by atoms with Gasteiger partial charge in [0, 0.05) is 45.3 Å². The topological polar surface area (TPSA) is 52.7 Å². The van der Waals surface area contributed by atoms with Crippen molar-refractivity contribution < 1.29 is 5.11 Å². The van der Waals surface area contributed by atoms with Crippen molar-refractivity contribution >= 4 is 17.1 Å². The van der Waals surface area contributed by atoms with Crippen molar-refractivity contribution in [1.29, 1.82) is 0 Å². The summed E-state index contributed by atoms with van der Waals surface area (Å²) in [6.07, 6.45) is 0. The number of benzene rings is 3. The summed E-state index contributed by atoms with van der Waals surface area (Å²) in [5.74, 6) is 0. The molecule has 0 atom stereocenters. The molecule has 0 saturated heterocycles. The third-order valence-corrected chi connectivity index (χ3v) is 4.93. The Hall–Kier alpha value is -2.98. The van der Waals surface area contributed by atoms with Gasteiger partial charge < -0.3 is 20.6 Å². The van der Waals surface area contributed by atoms with Crippen LogP contribution in [0.5, 0.6) is 0 Å². The maximum Gasteiger partial charge on any atom is 0.140 e. The Labute approximate surface area is 161 Å². The fourth-order valence-corrected chi connectivity index (χ4v) is 3.23. The van der Waals surface area contributed by atoms with Gasteiger partial charge in [0.05, 0.1) is 0 Å².